The minimum Gasteiger partial charge on any atom is -0.455 e. The van der Waals surface area contributed by atoms with Crippen LogP contribution in [0.15, 0.2) is 54.6 Å². The van der Waals surface area contributed by atoms with E-state index >= 15 is 0 Å². The van der Waals surface area contributed by atoms with Crippen LogP contribution < -0.4 is 10.1 Å². The SMILES string of the molecule is CC(=O)N1CCN(CCC(=O)Nc2ccccc2Oc2ccccc2)CC1. The van der Waals surface area contributed by atoms with Gasteiger partial charge >= 0.3 is 0 Å². The van der Waals surface area contributed by atoms with E-state index in [1.54, 1.807) is 6.92 Å². The van der Waals surface area contributed by atoms with Crippen molar-refractivity contribution in [1.29, 1.82) is 0 Å². The zero-order chi connectivity index (χ0) is 19.1. The van der Waals surface area contributed by atoms with Gasteiger partial charge in [-0.1, -0.05) is 30.3 Å². The number of nitrogens with zero attached hydrogens (tertiary/aromatic N) is 2. The fourth-order valence-corrected chi connectivity index (χ4v) is 3.03. The molecule has 1 heterocycles. The maximum absolute atomic E-state index is 12.4. The summed E-state index contributed by atoms with van der Waals surface area (Å²) in [7, 11) is 0. The summed E-state index contributed by atoms with van der Waals surface area (Å²) < 4.78 is 5.88. The average molecular weight is 367 g/mol. The van der Waals surface area contributed by atoms with Gasteiger partial charge < -0.3 is 15.0 Å². The number of benzene rings is 2. The van der Waals surface area contributed by atoms with Crippen molar-refractivity contribution in [3.8, 4) is 11.5 Å². The van der Waals surface area contributed by atoms with Crippen molar-refractivity contribution in [2.75, 3.05) is 38.0 Å². The van der Waals surface area contributed by atoms with Gasteiger partial charge in [0, 0.05) is 46.1 Å². The summed E-state index contributed by atoms with van der Waals surface area (Å²) in [5.41, 5.74) is 0.660. The number of hydrogen-bond acceptors (Lipinski definition) is 4. The van der Waals surface area contributed by atoms with Gasteiger partial charge in [0.25, 0.3) is 0 Å². The quantitative estimate of drug-likeness (QED) is 0.853. The van der Waals surface area contributed by atoms with Gasteiger partial charge in [-0.25, -0.2) is 0 Å². The lowest BCUT2D eigenvalue weighted by Gasteiger charge is -2.34. The number of carbonyl (C=O) groups excluding carboxylic acids is 2. The number of piperazine rings is 1. The van der Waals surface area contributed by atoms with E-state index in [1.165, 1.54) is 0 Å². The molecular weight excluding hydrogens is 342 g/mol. The Balaban J connectivity index is 1.50. The highest BCUT2D eigenvalue weighted by atomic mass is 16.5. The fourth-order valence-electron chi connectivity index (χ4n) is 3.03. The van der Waals surface area contributed by atoms with Gasteiger partial charge in [-0.3, -0.25) is 14.5 Å². The first kappa shape index (κ1) is 18.9. The lowest BCUT2D eigenvalue weighted by Crippen LogP contribution is -2.48. The van der Waals surface area contributed by atoms with Crippen LogP contribution in [-0.2, 0) is 9.59 Å². The van der Waals surface area contributed by atoms with Gasteiger partial charge in [0.1, 0.15) is 5.75 Å². The van der Waals surface area contributed by atoms with Crippen LogP contribution in [-0.4, -0.2) is 54.3 Å². The summed E-state index contributed by atoms with van der Waals surface area (Å²) in [6.45, 7) is 5.34. The van der Waals surface area contributed by atoms with Crippen LogP contribution in [0.2, 0.25) is 0 Å². The molecule has 0 aliphatic carbocycles. The van der Waals surface area contributed by atoms with E-state index in [-0.39, 0.29) is 11.8 Å². The monoisotopic (exact) mass is 367 g/mol. The molecule has 1 aliphatic heterocycles. The molecule has 27 heavy (non-hydrogen) atoms. The van der Waals surface area contributed by atoms with E-state index in [4.69, 9.17) is 4.74 Å². The molecule has 0 radical (unpaired) electrons. The molecule has 142 valence electrons. The second-order valence-electron chi connectivity index (χ2n) is 6.56. The second-order valence-corrected chi connectivity index (χ2v) is 6.56. The molecular formula is C21H25N3O3. The predicted molar refractivity (Wildman–Crippen MR) is 105 cm³/mol. The lowest BCUT2D eigenvalue weighted by atomic mass is 10.2. The van der Waals surface area contributed by atoms with Gasteiger partial charge in [-0.05, 0) is 24.3 Å². The topological polar surface area (TPSA) is 61.9 Å². The van der Waals surface area contributed by atoms with Crippen LogP contribution in [0.4, 0.5) is 5.69 Å². The van der Waals surface area contributed by atoms with Gasteiger partial charge in [0.15, 0.2) is 5.75 Å². The summed E-state index contributed by atoms with van der Waals surface area (Å²) in [5, 5.41) is 2.94. The Kier molecular flexibility index (Phi) is 6.44. The number of rotatable bonds is 6. The van der Waals surface area contributed by atoms with Crippen molar-refractivity contribution in [2.24, 2.45) is 0 Å². The lowest BCUT2D eigenvalue weighted by molar-refractivity contribution is -0.130. The number of hydrogen-bond donors (Lipinski definition) is 1. The van der Waals surface area contributed by atoms with Crippen LogP contribution in [0.3, 0.4) is 0 Å². The normalized spacial score (nSPS) is 14.6. The summed E-state index contributed by atoms with van der Waals surface area (Å²) in [6.07, 6.45) is 0.403. The zero-order valence-corrected chi connectivity index (χ0v) is 15.6. The summed E-state index contributed by atoms with van der Waals surface area (Å²) in [6, 6.07) is 16.9. The molecule has 0 bridgehead atoms. The Bertz CT molecular complexity index is 771. The van der Waals surface area contributed by atoms with Crippen LogP contribution in [0.5, 0.6) is 11.5 Å². The third kappa shape index (κ3) is 5.56. The molecule has 0 spiro atoms. The molecule has 2 amide bonds. The highest BCUT2D eigenvalue weighted by Crippen LogP contribution is 2.29. The second kappa shape index (κ2) is 9.19. The minimum absolute atomic E-state index is 0.0480. The first-order valence-electron chi connectivity index (χ1n) is 9.21. The molecule has 1 aliphatic rings. The van der Waals surface area contributed by atoms with Crippen molar-refractivity contribution in [3.63, 3.8) is 0 Å². The van der Waals surface area contributed by atoms with Crippen molar-refractivity contribution in [2.45, 2.75) is 13.3 Å². The maximum atomic E-state index is 12.4. The van der Waals surface area contributed by atoms with E-state index < -0.39 is 0 Å². The Labute approximate surface area is 159 Å². The Morgan fingerprint density at radius 2 is 1.63 bits per heavy atom. The third-order valence-electron chi connectivity index (χ3n) is 4.60. The van der Waals surface area contributed by atoms with Crippen molar-refractivity contribution >= 4 is 17.5 Å². The van der Waals surface area contributed by atoms with Crippen LogP contribution >= 0.6 is 0 Å². The number of ether oxygens (including phenoxy) is 1. The first-order chi connectivity index (χ1) is 13.1. The van der Waals surface area contributed by atoms with E-state index in [0.29, 0.717) is 24.4 Å². The van der Waals surface area contributed by atoms with Crippen molar-refractivity contribution in [1.82, 2.24) is 9.80 Å². The van der Waals surface area contributed by atoms with E-state index in [1.807, 2.05) is 59.5 Å². The summed E-state index contributed by atoms with van der Waals surface area (Å²) in [5.74, 6) is 1.41. The van der Waals surface area contributed by atoms with E-state index in [0.717, 1.165) is 31.9 Å². The van der Waals surface area contributed by atoms with Crippen LogP contribution in [0.1, 0.15) is 13.3 Å². The average Bonchev–Trinajstić information content (AvgIpc) is 2.69. The molecule has 1 saturated heterocycles. The smallest absolute Gasteiger partial charge is 0.225 e. The number of amides is 2. The van der Waals surface area contributed by atoms with Gasteiger partial charge in [-0.2, -0.15) is 0 Å². The van der Waals surface area contributed by atoms with Crippen LogP contribution in [0, 0.1) is 0 Å². The minimum atomic E-state index is -0.0480. The molecule has 0 saturated carbocycles. The molecule has 0 aromatic heterocycles. The number of carbonyl (C=O) groups is 2. The molecule has 1 N–H and O–H groups in total. The van der Waals surface area contributed by atoms with E-state index in [2.05, 4.69) is 10.2 Å². The summed E-state index contributed by atoms with van der Waals surface area (Å²) >= 11 is 0. The maximum Gasteiger partial charge on any atom is 0.225 e. The van der Waals surface area contributed by atoms with Crippen LogP contribution in [0.25, 0.3) is 0 Å². The molecule has 2 aromatic rings. The molecule has 2 aromatic carbocycles. The Morgan fingerprint density at radius 1 is 0.963 bits per heavy atom. The molecule has 0 unspecified atom stereocenters. The Morgan fingerprint density at radius 3 is 2.33 bits per heavy atom. The molecule has 6 heteroatoms. The fraction of sp³-hybridized carbons (Fsp3) is 0.333. The zero-order valence-electron chi connectivity index (χ0n) is 15.6. The predicted octanol–water partition coefficient (Wildman–Crippen LogP) is 2.97. The first-order valence-corrected chi connectivity index (χ1v) is 9.21. The van der Waals surface area contributed by atoms with Crippen molar-refractivity contribution in [3.05, 3.63) is 54.6 Å². The van der Waals surface area contributed by atoms with Crippen molar-refractivity contribution < 1.29 is 14.3 Å². The Hall–Kier alpha value is -2.86. The molecule has 1 fully saturated rings. The number of para-hydroxylation sites is 3. The number of nitrogens with one attached hydrogen (secondary N) is 1. The summed E-state index contributed by atoms with van der Waals surface area (Å²) in [4.78, 5) is 27.8. The largest absolute Gasteiger partial charge is 0.455 e. The van der Waals surface area contributed by atoms with Gasteiger partial charge in [0.2, 0.25) is 11.8 Å². The van der Waals surface area contributed by atoms with Gasteiger partial charge in [-0.15, -0.1) is 0 Å². The highest BCUT2D eigenvalue weighted by Gasteiger charge is 2.19. The van der Waals surface area contributed by atoms with E-state index in [9.17, 15) is 9.59 Å². The number of anilines is 1. The van der Waals surface area contributed by atoms with Gasteiger partial charge in [0.05, 0.1) is 5.69 Å². The molecule has 3 rings (SSSR count). The molecule has 0 atom stereocenters. The standard InChI is InChI=1S/C21H25N3O3/c1-17(25)24-15-13-23(14-16-24)12-11-21(26)22-19-9-5-6-10-20(19)27-18-7-3-2-4-8-18/h2-10H,11-16H2,1H3,(H,22,26). The highest BCUT2D eigenvalue weighted by molar-refractivity contribution is 5.92. The third-order valence-corrected chi connectivity index (χ3v) is 4.60. The molecule has 6 nitrogen and oxygen atoms in total.